The van der Waals surface area contributed by atoms with Crippen molar-refractivity contribution >= 4 is 38.9 Å². The number of nitrogens with zero attached hydrogens (tertiary/aromatic N) is 1. The van der Waals surface area contributed by atoms with Crippen LogP contribution < -0.4 is 4.72 Å². The van der Waals surface area contributed by atoms with Crippen molar-refractivity contribution in [2.45, 2.75) is 18.4 Å². The Morgan fingerprint density at radius 3 is 2.63 bits per heavy atom. The maximum Gasteiger partial charge on any atom is 0.278 e. The van der Waals surface area contributed by atoms with Crippen LogP contribution in [0.3, 0.4) is 0 Å². The molecule has 8 heteroatoms. The van der Waals surface area contributed by atoms with Gasteiger partial charge in [-0.3, -0.25) is 4.72 Å². The lowest BCUT2D eigenvalue weighted by atomic mass is 10.3. The average Bonchev–Trinajstić information content (AvgIpc) is 2.83. The molecule has 0 fully saturated rings. The number of hydrogen-bond acceptors (Lipinski definition) is 3. The van der Waals surface area contributed by atoms with E-state index < -0.39 is 10.0 Å². The van der Waals surface area contributed by atoms with Gasteiger partial charge < -0.3 is 4.98 Å². The van der Waals surface area contributed by atoms with Gasteiger partial charge >= 0.3 is 0 Å². The molecule has 2 aromatic rings. The van der Waals surface area contributed by atoms with E-state index in [-0.39, 0.29) is 10.0 Å². The summed E-state index contributed by atoms with van der Waals surface area (Å²) in [6.07, 6.45) is 1.90. The SMILES string of the molecule is CCc1ncc(S(=O)(=O)Nc2ccc(Cl)c(Cl)c2)[nH]1. The number of sulfonamides is 1. The van der Waals surface area contributed by atoms with Crippen molar-refractivity contribution in [1.82, 2.24) is 9.97 Å². The highest BCUT2D eigenvalue weighted by Crippen LogP contribution is 2.26. The van der Waals surface area contributed by atoms with Gasteiger partial charge in [-0.1, -0.05) is 30.1 Å². The van der Waals surface area contributed by atoms with Gasteiger partial charge in [-0.05, 0) is 18.2 Å². The topological polar surface area (TPSA) is 74.8 Å². The molecule has 0 bridgehead atoms. The van der Waals surface area contributed by atoms with E-state index in [2.05, 4.69) is 14.7 Å². The zero-order valence-electron chi connectivity index (χ0n) is 9.94. The summed E-state index contributed by atoms with van der Waals surface area (Å²) in [7, 11) is -3.70. The lowest BCUT2D eigenvalue weighted by molar-refractivity contribution is 0.598. The molecule has 0 saturated heterocycles. The molecule has 0 radical (unpaired) electrons. The Bertz CT molecular complexity index is 698. The number of H-pyrrole nitrogens is 1. The van der Waals surface area contributed by atoms with E-state index in [1.54, 1.807) is 0 Å². The standard InChI is InChI=1S/C11H11Cl2N3O2S/c1-2-10-14-6-11(15-10)19(17,18)16-7-3-4-8(12)9(13)5-7/h3-6,16H,2H2,1H3,(H,14,15). The summed E-state index contributed by atoms with van der Waals surface area (Å²) < 4.78 is 26.5. The quantitative estimate of drug-likeness (QED) is 0.909. The minimum absolute atomic E-state index is 0.00965. The number of hydrogen-bond donors (Lipinski definition) is 2. The van der Waals surface area contributed by atoms with Crippen LogP contribution in [0.5, 0.6) is 0 Å². The zero-order valence-corrected chi connectivity index (χ0v) is 12.3. The van der Waals surface area contributed by atoms with E-state index in [4.69, 9.17) is 23.2 Å². The number of halogens is 2. The molecule has 0 amide bonds. The van der Waals surface area contributed by atoms with Gasteiger partial charge in [-0.15, -0.1) is 0 Å². The molecule has 0 aliphatic heterocycles. The van der Waals surface area contributed by atoms with Gasteiger partial charge in [0.05, 0.1) is 21.9 Å². The number of rotatable bonds is 4. The van der Waals surface area contributed by atoms with Crippen molar-refractivity contribution in [2.24, 2.45) is 0 Å². The highest BCUT2D eigenvalue weighted by Gasteiger charge is 2.17. The molecular weight excluding hydrogens is 309 g/mol. The molecule has 102 valence electrons. The van der Waals surface area contributed by atoms with Gasteiger partial charge in [-0.25, -0.2) is 4.98 Å². The lowest BCUT2D eigenvalue weighted by Crippen LogP contribution is -2.13. The normalized spacial score (nSPS) is 11.5. The molecule has 2 rings (SSSR count). The molecule has 0 aliphatic rings. The third-order valence-corrected chi connectivity index (χ3v) is 4.43. The van der Waals surface area contributed by atoms with E-state index in [0.717, 1.165) is 0 Å². The summed E-state index contributed by atoms with van der Waals surface area (Å²) in [5.74, 6) is 0.606. The van der Waals surface area contributed by atoms with Crippen molar-refractivity contribution in [1.29, 1.82) is 0 Å². The van der Waals surface area contributed by atoms with E-state index in [0.29, 0.717) is 23.0 Å². The first-order valence-corrected chi connectivity index (χ1v) is 7.68. The zero-order chi connectivity index (χ0) is 14.0. The molecule has 0 aliphatic carbocycles. The Hall–Kier alpha value is -1.24. The number of nitrogens with one attached hydrogen (secondary N) is 2. The van der Waals surface area contributed by atoms with Crippen LogP contribution in [0.15, 0.2) is 29.4 Å². The second kappa shape index (κ2) is 5.40. The molecular formula is C11H11Cl2N3O2S. The van der Waals surface area contributed by atoms with E-state index >= 15 is 0 Å². The molecule has 1 aromatic carbocycles. The third kappa shape index (κ3) is 3.20. The van der Waals surface area contributed by atoms with Crippen molar-refractivity contribution in [2.75, 3.05) is 4.72 Å². The minimum Gasteiger partial charge on any atom is -0.332 e. The first-order chi connectivity index (χ1) is 8.92. The van der Waals surface area contributed by atoms with Crippen molar-refractivity contribution < 1.29 is 8.42 Å². The molecule has 0 saturated carbocycles. The smallest absolute Gasteiger partial charge is 0.278 e. The number of aryl methyl sites for hydroxylation is 1. The summed E-state index contributed by atoms with van der Waals surface area (Å²) in [5, 5.41) is 0.649. The highest BCUT2D eigenvalue weighted by molar-refractivity contribution is 7.92. The first kappa shape index (κ1) is 14.2. The molecule has 0 spiro atoms. The van der Waals surface area contributed by atoms with Gasteiger partial charge in [0.2, 0.25) is 0 Å². The van der Waals surface area contributed by atoms with Crippen molar-refractivity contribution in [3.8, 4) is 0 Å². The van der Waals surface area contributed by atoms with Crippen molar-refractivity contribution in [3.05, 3.63) is 40.3 Å². The Balaban J connectivity index is 2.28. The van der Waals surface area contributed by atoms with Crippen molar-refractivity contribution in [3.63, 3.8) is 0 Å². The predicted octanol–water partition coefficient (Wildman–Crippen LogP) is 3.08. The number of benzene rings is 1. The van der Waals surface area contributed by atoms with E-state index in [1.807, 2.05) is 6.92 Å². The second-order valence-corrected chi connectivity index (χ2v) is 6.25. The molecule has 0 atom stereocenters. The monoisotopic (exact) mass is 319 g/mol. The fourth-order valence-corrected chi connectivity index (χ4v) is 2.72. The van der Waals surface area contributed by atoms with Gasteiger partial charge in [0.1, 0.15) is 5.82 Å². The summed E-state index contributed by atoms with van der Waals surface area (Å²) >= 11 is 11.6. The molecule has 1 aromatic heterocycles. The maximum absolute atomic E-state index is 12.1. The summed E-state index contributed by atoms with van der Waals surface area (Å²) in [6, 6.07) is 4.49. The summed E-state index contributed by atoms with van der Waals surface area (Å²) in [4.78, 5) is 6.68. The summed E-state index contributed by atoms with van der Waals surface area (Å²) in [6.45, 7) is 1.88. The van der Waals surface area contributed by atoms with Crippen LogP contribution in [0.1, 0.15) is 12.7 Å². The number of aromatic amines is 1. The number of imidazole rings is 1. The van der Waals surface area contributed by atoms with Crippen LogP contribution in [0.4, 0.5) is 5.69 Å². The Kier molecular flexibility index (Phi) is 4.03. The van der Waals surface area contributed by atoms with E-state index in [9.17, 15) is 8.42 Å². The van der Waals surface area contributed by atoms with Gasteiger partial charge in [0.25, 0.3) is 10.0 Å². The Labute approximate surface area is 121 Å². The Morgan fingerprint density at radius 1 is 1.32 bits per heavy atom. The average molecular weight is 320 g/mol. The van der Waals surface area contributed by atoms with Crippen LogP contribution in [0.25, 0.3) is 0 Å². The van der Waals surface area contributed by atoms with Gasteiger partial charge in [0.15, 0.2) is 5.03 Å². The first-order valence-electron chi connectivity index (χ1n) is 5.44. The summed E-state index contributed by atoms with van der Waals surface area (Å²) in [5.41, 5.74) is 0.335. The maximum atomic E-state index is 12.1. The van der Waals surface area contributed by atoms with Crippen LogP contribution in [0.2, 0.25) is 10.0 Å². The predicted molar refractivity (Wildman–Crippen MR) is 75.2 cm³/mol. The molecule has 0 unspecified atom stereocenters. The number of anilines is 1. The van der Waals surface area contributed by atoms with Crippen LogP contribution in [-0.4, -0.2) is 18.4 Å². The van der Waals surface area contributed by atoms with Gasteiger partial charge in [0, 0.05) is 6.42 Å². The second-order valence-electron chi connectivity index (χ2n) is 3.78. The minimum atomic E-state index is -3.70. The molecule has 1 heterocycles. The third-order valence-electron chi connectivity index (χ3n) is 2.40. The fourth-order valence-electron chi connectivity index (χ4n) is 1.43. The van der Waals surface area contributed by atoms with Crippen LogP contribution in [-0.2, 0) is 16.4 Å². The van der Waals surface area contributed by atoms with E-state index in [1.165, 1.54) is 24.4 Å². The largest absolute Gasteiger partial charge is 0.332 e. The number of aromatic nitrogens is 2. The molecule has 19 heavy (non-hydrogen) atoms. The van der Waals surface area contributed by atoms with Crippen LogP contribution >= 0.6 is 23.2 Å². The highest BCUT2D eigenvalue weighted by atomic mass is 35.5. The van der Waals surface area contributed by atoms with Crippen LogP contribution in [0, 0.1) is 0 Å². The fraction of sp³-hybridized carbons (Fsp3) is 0.182. The van der Waals surface area contributed by atoms with Gasteiger partial charge in [-0.2, -0.15) is 8.42 Å². The lowest BCUT2D eigenvalue weighted by Gasteiger charge is -2.07. The molecule has 5 nitrogen and oxygen atoms in total. The molecule has 2 N–H and O–H groups in total. The Morgan fingerprint density at radius 2 is 2.05 bits per heavy atom.